The Balaban J connectivity index is 2.03. The molecule has 0 aliphatic carbocycles. The molecule has 3 heteroatoms. The van der Waals surface area contributed by atoms with Crippen molar-refractivity contribution in [3.05, 3.63) is 34.9 Å². The molecule has 2 nitrogen and oxygen atoms in total. The highest BCUT2D eigenvalue weighted by molar-refractivity contribution is 6.31. The van der Waals surface area contributed by atoms with E-state index in [1.54, 1.807) is 0 Å². The number of benzene rings is 1. The third kappa shape index (κ3) is 3.71. The second-order valence-corrected chi connectivity index (χ2v) is 5.70. The SMILES string of the molecule is CC(O)CC1CCCCN1Cc1ccccc1Cl. The van der Waals surface area contributed by atoms with Crippen LogP contribution in [0.3, 0.4) is 0 Å². The van der Waals surface area contributed by atoms with Crippen LogP contribution in [0.2, 0.25) is 5.02 Å². The van der Waals surface area contributed by atoms with Crippen molar-refractivity contribution in [2.24, 2.45) is 0 Å². The van der Waals surface area contributed by atoms with Crippen molar-refractivity contribution in [1.29, 1.82) is 0 Å². The van der Waals surface area contributed by atoms with Crippen LogP contribution in [0.25, 0.3) is 0 Å². The zero-order valence-corrected chi connectivity index (χ0v) is 11.7. The van der Waals surface area contributed by atoms with E-state index in [-0.39, 0.29) is 6.10 Å². The summed E-state index contributed by atoms with van der Waals surface area (Å²) in [6.07, 6.45) is 4.36. The van der Waals surface area contributed by atoms with Gasteiger partial charge in [-0.05, 0) is 44.4 Å². The van der Waals surface area contributed by atoms with Crippen molar-refractivity contribution < 1.29 is 5.11 Å². The fourth-order valence-electron chi connectivity index (χ4n) is 2.77. The van der Waals surface area contributed by atoms with Crippen molar-refractivity contribution in [2.75, 3.05) is 6.54 Å². The first-order valence-corrected chi connectivity index (χ1v) is 7.20. The molecule has 0 bridgehead atoms. The molecule has 0 amide bonds. The Hall–Kier alpha value is -0.570. The lowest BCUT2D eigenvalue weighted by atomic mass is 9.96. The van der Waals surface area contributed by atoms with Crippen molar-refractivity contribution in [3.63, 3.8) is 0 Å². The molecule has 1 aliphatic heterocycles. The van der Waals surface area contributed by atoms with E-state index in [4.69, 9.17) is 11.6 Å². The van der Waals surface area contributed by atoms with E-state index < -0.39 is 0 Å². The largest absolute Gasteiger partial charge is 0.393 e. The van der Waals surface area contributed by atoms with Crippen LogP contribution >= 0.6 is 11.6 Å². The normalized spacial score (nSPS) is 22.9. The maximum absolute atomic E-state index is 9.59. The van der Waals surface area contributed by atoms with Gasteiger partial charge in [-0.1, -0.05) is 36.2 Å². The molecule has 0 aromatic heterocycles. The van der Waals surface area contributed by atoms with Gasteiger partial charge >= 0.3 is 0 Å². The Morgan fingerprint density at radius 1 is 1.39 bits per heavy atom. The highest BCUT2D eigenvalue weighted by Crippen LogP contribution is 2.25. The van der Waals surface area contributed by atoms with Gasteiger partial charge in [0.1, 0.15) is 0 Å². The van der Waals surface area contributed by atoms with Crippen molar-refractivity contribution in [1.82, 2.24) is 4.90 Å². The summed E-state index contributed by atoms with van der Waals surface area (Å²) in [5.74, 6) is 0. The number of likely N-dealkylation sites (tertiary alicyclic amines) is 1. The maximum atomic E-state index is 9.59. The maximum Gasteiger partial charge on any atom is 0.0527 e. The average molecular weight is 268 g/mol. The van der Waals surface area contributed by atoms with Crippen molar-refractivity contribution >= 4 is 11.6 Å². The third-order valence-electron chi connectivity index (χ3n) is 3.69. The summed E-state index contributed by atoms with van der Waals surface area (Å²) in [5, 5.41) is 10.4. The van der Waals surface area contributed by atoms with E-state index in [9.17, 15) is 5.11 Å². The topological polar surface area (TPSA) is 23.5 Å². The Kier molecular flexibility index (Phi) is 5.04. The Morgan fingerprint density at radius 2 is 2.17 bits per heavy atom. The summed E-state index contributed by atoms with van der Waals surface area (Å²) < 4.78 is 0. The zero-order valence-electron chi connectivity index (χ0n) is 11.0. The van der Waals surface area contributed by atoms with Gasteiger partial charge in [0.15, 0.2) is 0 Å². The lowest BCUT2D eigenvalue weighted by Crippen LogP contribution is -2.40. The molecule has 1 N–H and O–H groups in total. The molecule has 1 aliphatic rings. The van der Waals surface area contributed by atoms with Crippen LogP contribution in [-0.2, 0) is 6.54 Å². The van der Waals surface area contributed by atoms with Crippen LogP contribution in [0, 0.1) is 0 Å². The van der Waals surface area contributed by atoms with Crippen LogP contribution < -0.4 is 0 Å². The van der Waals surface area contributed by atoms with Gasteiger partial charge in [0.05, 0.1) is 6.10 Å². The molecule has 1 aromatic rings. The van der Waals surface area contributed by atoms with Crippen molar-refractivity contribution in [2.45, 2.75) is 51.3 Å². The minimum absolute atomic E-state index is 0.221. The van der Waals surface area contributed by atoms with Crippen LogP contribution in [0.1, 0.15) is 38.2 Å². The monoisotopic (exact) mass is 267 g/mol. The number of halogens is 1. The molecule has 0 saturated carbocycles. The van der Waals surface area contributed by atoms with E-state index in [2.05, 4.69) is 11.0 Å². The first-order valence-electron chi connectivity index (χ1n) is 6.82. The summed E-state index contributed by atoms with van der Waals surface area (Å²) in [6, 6.07) is 8.54. The fourth-order valence-corrected chi connectivity index (χ4v) is 2.97. The summed E-state index contributed by atoms with van der Waals surface area (Å²) in [5.41, 5.74) is 1.19. The van der Waals surface area contributed by atoms with E-state index in [1.807, 2.05) is 25.1 Å². The van der Waals surface area contributed by atoms with E-state index in [1.165, 1.54) is 24.8 Å². The average Bonchev–Trinajstić information content (AvgIpc) is 2.34. The van der Waals surface area contributed by atoms with E-state index >= 15 is 0 Å². The molecule has 2 rings (SSSR count). The van der Waals surface area contributed by atoms with E-state index in [0.29, 0.717) is 6.04 Å². The molecule has 18 heavy (non-hydrogen) atoms. The second-order valence-electron chi connectivity index (χ2n) is 5.30. The predicted molar refractivity (Wildman–Crippen MR) is 75.8 cm³/mol. The van der Waals surface area contributed by atoms with Gasteiger partial charge in [0.25, 0.3) is 0 Å². The van der Waals surface area contributed by atoms with Gasteiger partial charge in [-0.15, -0.1) is 0 Å². The first-order chi connectivity index (χ1) is 8.66. The minimum atomic E-state index is -0.221. The number of aliphatic hydroxyl groups is 1. The second kappa shape index (κ2) is 6.55. The molecule has 0 spiro atoms. The molecule has 2 atom stereocenters. The number of aliphatic hydroxyl groups excluding tert-OH is 1. The summed E-state index contributed by atoms with van der Waals surface area (Å²) in [7, 11) is 0. The molecule has 2 unspecified atom stereocenters. The smallest absolute Gasteiger partial charge is 0.0527 e. The highest BCUT2D eigenvalue weighted by Gasteiger charge is 2.23. The van der Waals surface area contributed by atoms with Crippen molar-refractivity contribution in [3.8, 4) is 0 Å². The van der Waals surface area contributed by atoms with Gasteiger partial charge in [-0.3, -0.25) is 4.90 Å². The molecule has 1 saturated heterocycles. The number of hydrogen-bond acceptors (Lipinski definition) is 2. The summed E-state index contributed by atoms with van der Waals surface area (Å²) >= 11 is 6.22. The van der Waals surface area contributed by atoms with Gasteiger partial charge < -0.3 is 5.11 Å². The van der Waals surface area contributed by atoms with Gasteiger partial charge in [0.2, 0.25) is 0 Å². The molecule has 100 valence electrons. The molecule has 1 heterocycles. The fraction of sp³-hybridized carbons (Fsp3) is 0.600. The molecular formula is C15H22ClNO. The van der Waals surface area contributed by atoms with Crippen LogP contribution in [0.5, 0.6) is 0 Å². The van der Waals surface area contributed by atoms with Gasteiger partial charge in [-0.2, -0.15) is 0 Å². The predicted octanol–water partition coefficient (Wildman–Crippen LogP) is 3.47. The lowest BCUT2D eigenvalue weighted by Gasteiger charge is -2.36. The first kappa shape index (κ1) is 13.9. The number of rotatable bonds is 4. The number of nitrogens with zero attached hydrogens (tertiary/aromatic N) is 1. The minimum Gasteiger partial charge on any atom is -0.393 e. The zero-order chi connectivity index (χ0) is 13.0. The number of hydrogen-bond donors (Lipinski definition) is 1. The Morgan fingerprint density at radius 3 is 2.89 bits per heavy atom. The van der Waals surface area contributed by atoms with Gasteiger partial charge in [-0.25, -0.2) is 0 Å². The molecular weight excluding hydrogens is 246 g/mol. The number of piperidine rings is 1. The lowest BCUT2D eigenvalue weighted by molar-refractivity contribution is 0.0818. The molecule has 1 aromatic carbocycles. The highest BCUT2D eigenvalue weighted by atomic mass is 35.5. The third-order valence-corrected chi connectivity index (χ3v) is 4.06. The van der Waals surface area contributed by atoms with E-state index in [0.717, 1.165) is 24.5 Å². The summed E-state index contributed by atoms with van der Waals surface area (Å²) in [6.45, 7) is 3.89. The van der Waals surface area contributed by atoms with Crippen LogP contribution in [0.4, 0.5) is 0 Å². The summed E-state index contributed by atoms with van der Waals surface area (Å²) in [4.78, 5) is 2.47. The quantitative estimate of drug-likeness (QED) is 0.903. The van der Waals surface area contributed by atoms with Gasteiger partial charge in [0, 0.05) is 17.6 Å². The molecule has 1 fully saturated rings. The Labute approximate surface area is 115 Å². The standard InChI is InChI=1S/C15H22ClNO/c1-12(18)10-14-7-4-5-9-17(14)11-13-6-2-3-8-15(13)16/h2-3,6,8,12,14,18H,4-5,7,9-11H2,1H3. The molecule has 0 radical (unpaired) electrons. The van der Waals surface area contributed by atoms with Crippen LogP contribution in [0.15, 0.2) is 24.3 Å². The Bertz CT molecular complexity index is 381. The van der Waals surface area contributed by atoms with Crippen LogP contribution in [-0.4, -0.2) is 28.7 Å².